The van der Waals surface area contributed by atoms with Gasteiger partial charge in [-0.05, 0) is 78.7 Å². The monoisotopic (exact) mass is 551 g/mol. The molecule has 1 amide bonds. The molecule has 38 heavy (non-hydrogen) atoms. The van der Waals surface area contributed by atoms with E-state index in [1.807, 2.05) is 12.1 Å². The van der Waals surface area contributed by atoms with Gasteiger partial charge in [-0.3, -0.25) is 14.1 Å². The van der Waals surface area contributed by atoms with Crippen molar-refractivity contribution in [2.75, 3.05) is 18.0 Å². The maximum Gasteiger partial charge on any atom is 0.264 e. The topological polar surface area (TPSA) is 97.8 Å². The van der Waals surface area contributed by atoms with E-state index in [-0.39, 0.29) is 11.4 Å². The summed E-state index contributed by atoms with van der Waals surface area (Å²) in [4.78, 5) is 16.9. The number of amides is 1. The van der Waals surface area contributed by atoms with Crippen LogP contribution >= 0.6 is 11.6 Å². The summed E-state index contributed by atoms with van der Waals surface area (Å²) in [5, 5.41) is 3.18. The van der Waals surface area contributed by atoms with Crippen LogP contribution in [0.5, 0.6) is 17.2 Å². The molecular weight excluding hydrogens is 526 g/mol. The van der Waals surface area contributed by atoms with Crippen LogP contribution in [0.1, 0.15) is 11.1 Å². The molecule has 0 saturated carbocycles. The van der Waals surface area contributed by atoms with Gasteiger partial charge in [-0.2, -0.15) is 0 Å². The van der Waals surface area contributed by atoms with Crippen molar-refractivity contribution in [3.63, 3.8) is 0 Å². The number of methoxy groups -OCH3 is 1. The molecule has 3 aromatic carbocycles. The third-order valence-corrected chi connectivity index (χ3v) is 7.92. The van der Waals surface area contributed by atoms with Crippen molar-refractivity contribution < 1.29 is 22.7 Å². The molecular formula is C28H26ClN3O5S. The second kappa shape index (κ2) is 12.0. The number of anilines is 1. The van der Waals surface area contributed by atoms with Gasteiger partial charge in [0.25, 0.3) is 10.0 Å². The molecule has 196 valence electrons. The summed E-state index contributed by atoms with van der Waals surface area (Å²) in [6, 6.07) is 21.5. The maximum absolute atomic E-state index is 13.8. The van der Waals surface area contributed by atoms with Crippen LogP contribution in [-0.2, 0) is 21.4 Å². The van der Waals surface area contributed by atoms with Gasteiger partial charge in [-0.15, -0.1) is 0 Å². The SMILES string of the molecule is COc1ccc(CNC(=O)CN(c2cccc(Cl)c2C)S(=O)(=O)c2ccc(Oc3ccncc3)cc2)cc1. The van der Waals surface area contributed by atoms with Crippen LogP contribution in [0.25, 0.3) is 0 Å². The van der Waals surface area contributed by atoms with Crippen molar-refractivity contribution in [2.24, 2.45) is 0 Å². The Bertz CT molecular complexity index is 1500. The Morgan fingerprint density at radius 2 is 1.55 bits per heavy atom. The van der Waals surface area contributed by atoms with Crippen molar-refractivity contribution >= 4 is 33.2 Å². The Morgan fingerprint density at radius 3 is 2.21 bits per heavy atom. The van der Waals surface area contributed by atoms with Crippen molar-refractivity contribution in [3.05, 3.63) is 107 Å². The minimum atomic E-state index is -4.14. The molecule has 0 spiro atoms. The van der Waals surface area contributed by atoms with Gasteiger partial charge in [0.1, 0.15) is 23.8 Å². The van der Waals surface area contributed by atoms with Gasteiger partial charge in [0.15, 0.2) is 0 Å². The van der Waals surface area contributed by atoms with E-state index >= 15 is 0 Å². The third kappa shape index (κ3) is 6.42. The van der Waals surface area contributed by atoms with Crippen LogP contribution in [0, 0.1) is 6.92 Å². The first kappa shape index (κ1) is 27.0. The van der Waals surface area contributed by atoms with Crippen LogP contribution in [0.4, 0.5) is 5.69 Å². The number of sulfonamides is 1. The number of aromatic nitrogens is 1. The smallest absolute Gasteiger partial charge is 0.264 e. The molecule has 4 aromatic rings. The highest BCUT2D eigenvalue weighted by atomic mass is 35.5. The number of hydrogen-bond donors (Lipinski definition) is 1. The number of benzene rings is 3. The molecule has 0 unspecified atom stereocenters. The Hall–Kier alpha value is -4.08. The van der Waals surface area contributed by atoms with Gasteiger partial charge >= 0.3 is 0 Å². The van der Waals surface area contributed by atoms with Gasteiger partial charge in [-0.1, -0.05) is 29.8 Å². The van der Waals surface area contributed by atoms with Crippen molar-refractivity contribution in [3.8, 4) is 17.2 Å². The second-order valence-electron chi connectivity index (χ2n) is 8.28. The number of hydrogen-bond acceptors (Lipinski definition) is 6. The lowest BCUT2D eigenvalue weighted by Crippen LogP contribution is -2.41. The van der Waals surface area contributed by atoms with Crippen LogP contribution in [0.2, 0.25) is 5.02 Å². The summed E-state index contributed by atoms with van der Waals surface area (Å²) in [6.45, 7) is 1.50. The van der Waals surface area contributed by atoms with Crippen LogP contribution in [-0.4, -0.2) is 33.0 Å². The Balaban J connectivity index is 1.57. The fraction of sp³-hybridized carbons (Fsp3) is 0.143. The molecule has 0 fully saturated rings. The maximum atomic E-state index is 13.8. The number of nitrogens with one attached hydrogen (secondary N) is 1. The third-order valence-electron chi connectivity index (χ3n) is 5.74. The summed E-state index contributed by atoms with van der Waals surface area (Å²) in [5.74, 6) is 1.26. The van der Waals surface area contributed by atoms with E-state index in [2.05, 4.69) is 10.3 Å². The van der Waals surface area contributed by atoms with Crippen molar-refractivity contribution in [1.82, 2.24) is 10.3 Å². The van der Waals surface area contributed by atoms with E-state index in [0.29, 0.717) is 33.5 Å². The lowest BCUT2D eigenvalue weighted by Gasteiger charge is -2.26. The Morgan fingerprint density at radius 1 is 0.921 bits per heavy atom. The standard InChI is InChI=1S/C28H26ClN3O5S/c1-20-26(29)4-3-5-27(20)32(19-28(33)31-18-21-6-8-22(36-2)9-7-21)38(34,35)25-12-10-23(11-13-25)37-24-14-16-30-17-15-24/h3-17H,18-19H2,1-2H3,(H,31,33). The van der Waals surface area contributed by atoms with E-state index in [0.717, 1.165) is 9.87 Å². The highest BCUT2D eigenvalue weighted by Gasteiger charge is 2.29. The predicted octanol–water partition coefficient (Wildman–Crippen LogP) is 5.36. The molecule has 0 aliphatic heterocycles. The van der Waals surface area contributed by atoms with Crippen LogP contribution in [0.3, 0.4) is 0 Å². The largest absolute Gasteiger partial charge is 0.497 e. The predicted molar refractivity (Wildman–Crippen MR) is 146 cm³/mol. The van der Waals surface area contributed by atoms with E-state index in [9.17, 15) is 13.2 Å². The Kier molecular flexibility index (Phi) is 8.50. The first-order chi connectivity index (χ1) is 18.3. The number of nitrogens with zero attached hydrogens (tertiary/aromatic N) is 2. The summed E-state index contributed by atoms with van der Waals surface area (Å²) in [6.07, 6.45) is 3.19. The molecule has 0 aliphatic rings. The lowest BCUT2D eigenvalue weighted by atomic mass is 10.2. The first-order valence-electron chi connectivity index (χ1n) is 11.6. The molecule has 1 aromatic heterocycles. The molecule has 1 N–H and O–H groups in total. The molecule has 10 heteroatoms. The zero-order valence-electron chi connectivity index (χ0n) is 20.8. The van der Waals surface area contributed by atoms with E-state index in [1.54, 1.807) is 81.0 Å². The minimum Gasteiger partial charge on any atom is -0.497 e. The van der Waals surface area contributed by atoms with Crippen LogP contribution < -0.4 is 19.1 Å². The highest BCUT2D eigenvalue weighted by molar-refractivity contribution is 7.92. The highest BCUT2D eigenvalue weighted by Crippen LogP contribution is 2.31. The van der Waals surface area contributed by atoms with Gasteiger partial charge in [-0.25, -0.2) is 8.42 Å². The minimum absolute atomic E-state index is 0.00177. The normalized spacial score (nSPS) is 11.0. The molecule has 0 radical (unpaired) electrons. The lowest BCUT2D eigenvalue weighted by molar-refractivity contribution is -0.119. The zero-order valence-corrected chi connectivity index (χ0v) is 22.4. The van der Waals surface area contributed by atoms with Crippen molar-refractivity contribution in [2.45, 2.75) is 18.4 Å². The first-order valence-corrected chi connectivity index (χ1v) is 13.4. The number of ether oxygens (including phenoxy) is 2. The average Bonchev–Trinajstić information content (AvgIpc) is 2.93. The van der Waals surface area contributed by atoms with Gasteiger partial charge in [0, 0.05) is 24.0 Å². The summed E-state index contributed by atoms with van der Waals surface area (Å²) in [5.41, 5.74) is 1.70. The van der Waals surface area contributed by atoms with Gasteiger partial charge < -0.3 is 14.8 Å². The molecule has 8 nitrogen and oxygen atoms in total. The zero-order chi connectivity index (χ0) is 27.1. The quantitative estimate of drug-likeness (QED) is 0.285. The number of rotatable bonds is 10. The molecule has 4 rings (SSSR count). The summed E-state index contributed by atoms with van der Waals surface area (Å²) < 4.78 is 39.5. The number of pyridine rings is 1. The molecule has 1 heterocycles. The molecule has 0 aliphatic carbocycles. The Labute approximate surface area is 226 Å². The average molecular weight is 552 g/mol. The van der Waals surface area contributed by atoms with E-state index < -0.39 is 22.5 Å². The van der Waals surface area contributed by atoms with E-state index in [1.165, 1.54) is 12.1 Å². The number of halogens is 1. The van der Waals surface area contributed by atoms with Gasteiger partial charge in [0.05, 0.1) is 17.7 Å². The van der Waals surface area contributed by atoms with E-state index in [4.69, 9.17) is 21.1 Å². The van der Waals surface area contributed by atoms with Crippen molar-refractivity contribution in [1.29, 1.82) is 0 Å². The second-order valence-corrected chi connectivity index (χ2v) is 10.5. The number of carbonyl (C=O) groups excluding carboxylic acids is 1. The van der Waals surface area contributed by atoms with Crippen LogP contribution in [0.15, 0.2) is 96.2 Å². The molecule has 0 saturated heterocycles. The summed E-state index contributed by atoms with van der Waals surface area (Å²) >= 11 is 6.30. The molecule has 0 bridgehead atoms. The molecule has 0 atom stereocenters. The van der Waals surface area contributed by atoms with Gasteiger partial charge in [0.2, 0.25) is 5.91 Å². The summed E-state index contributed by atoms with van der Waals surface area (Å²) in [7, 11) is -2.56. The number of carbonyl (C=O) groups is 1. The fourth-order valence-electron chi connectivity index (χ4n) is 3.65. The fourth-order valence-corrected chi connectivity index (χ4v) is 5.29.